The van der Waals surface area contributed by atoms with Gasteiger partial charge in [-0.1, -0.05) is 11.6 Å². The van der Waals surface area contributed by atoms with E-state index >= 15 is 0 Å². The fourth-order valence-corrected chi connectivity index (χ4v) is 3.71. The smallest absolute Gasteiger partial charge is 0.208 e. The van der Waals surface area contributed by atoms with Gasteiger partial charge in [0.25, 0.3) is 0 Å². The third-order valence-corrected chi connectivity index (χ3v) is 5.12. The Labute approximate surface area is 129 Å². The van der Waals surface area contributed by atoms with Crippen LogP contribution in [0.3, 0.4) is 0 Å². The number of hydrogen-bond acceptors (Lipinski definition) is 4. The van der Waals surface area contributed by atoms with Crippen molar-refractivity contribution in [3.05, 3.63) is 47.5 Å². The predicted octanol–water partition coefficient (Wildman–Crippen LogP) is 3.58. The molecule has 0 aromatic heterocycles. The second kappa shape index (κ2) is 5.95. The second-order valence-electron chi connectivity index (χ2n) is 5.02. The van der Waals surface area contributed by atoms with Crippen LogP contribution in [0.1, 0.15) is 13.8 Å². The summed E-state index contributed by atoms with van der Waals surface area (Å²) in [6.07, 6.45) is 0. The average Bonchev–Trinajstić information content (AvgIpc) is 2.38. The second-order valence-corrected chi connectivity index (χ2v) is 7.34. The zero-order valence-corrected chi connectivity index (χ0v) is 13.4. The Morgan fingerprint density at radius 1 is 1.10 bits per heavy atom. The summed E-state index contributed by atoms with van der Waals surface area (Å²) < 4.78 is 25.1. The minimum atomic E-state index is -3.65. The fraction of sp³-hybridized carbons (Fsp3) is 0.200. The van der Waals surface area contributed by atoms with Gasteiger partial charge in [0.2, 0.25) is 9.84 Å². The number of halogens is 1. The van der Waals surface area contributed by atoms with Crippen LogP contribution >= 0.6 is 11.6 Å². The number of nitrogen functional groups attached to an aromatic ring is 1. The van der Waals surface area contributed by atoms with E-state index in [-0.39, 0.29) is 20.9 Å². The zero-order valence-electron chi connectivity index (χ0n) is 11.8. The molecule has 0 heterocycles. The molecule has 0 amide bonds. The quantitative estimate of drug-likeness (QED) is 0.843. The van der Waals surface area contributed by atoms with Gasteiger partial charge in [0.05, 0.1) is 14.8 Å². The van der Waals surface area contributed by atoms with Crippen LogP contribution in [0.2, 0.25) is 5.02 Å². The van der Waals surface area contributed by atoms with Gasteiger partial charge in [-0.05, 0) is 56.3 Å². The zero-order chi connectivity index (χ0) is 15.6. The van der Waals surface area contributed by atoms with E-state index in [1.165, 1.54) is 18.2 Å². The Bertz CT molecular complexity index is 741. The Kier molecular flexibility index (Phi) is 4.44. The van der Waals surface area contributed by atoms with Gasteiger partial charge in [-0.3, -0.25) is 0 Å². The molecular formula is C15H17ClN2O2S. The highest BCUT2D eigenvalue weighted by molar-refractivity contribution is 7.91. The Morgan fingerprint density at radius 3 is 2.24 bits per heavy atom. The van der Waals surface area contributed by atoms with Gasteiger partial charge >= 0.3 is 0 Å². The van der Waals surface area contributed by atoms with Crippen LogP contribution in [0.5, 0.6) is 0 Å². The first-order chi connectivity index (χ1) is 9.80. The van der Waals surface area contributed by atoms with Crippen molar-refractivity contribution in [1.29, 1.82) is 0 Å². The first kappa shape index (κ1) is 15.7. The molecule has 0 saturated heterocycles. The topological polar surface area (TPSA) is 72.2 Å². The lowest BCUT2D eigenvalue weighted by Crippen LogP contribution is -2.10. The highest BCUT2D eigenvalue weighted by Gasteiger charge is 2.21. The van der Waals surface area contributed by atoms with E-state index in [4.69, 9.17) is 17.3 Å². The fourth-order valence-electron chi connectivity index (χ4n) is 1.92. The van der Waals surface area contributed by atoms with E-state index in [2.05, 4.69) is 5.32 Å². The lowest BCUT2D eigenvalue weighted by Gasteiger charge is -2.12. The summed E-state index contributed by atoms with van der Waals surface area (Å²) in [5.41, 5.74) is 6.87. The predicted molar refractivity (Wildman–Crippen MR) is 86.5 cm³/mol. The van der Waals surface area contributed by atoms with E-state index in [0.717, 1.165) is 5.69 Å². The molecule has 0 unspecified atom stereocenters. The molecule has 0 aliphatic rings. The van der Waals surface area contributed by atoms with Crippen molar-refractivity contribution >= 4 is 32.8 Å². The lowest BCUT2D eigenvalue weighted by molar-refractivity contribution is 0.596. The van der Waals surface area contributed by atoms with E-state index in [9.17, 15) is 8.42 Å². The first-order valence-electron chi connectivity index (χ1n) is 6.47. The molecule has 2 aromatic rings. The highest BCUT2D eigenvalue weighted by atomic mass is 35.5. The number of nitrogens with one attached hydrogen (secondary N) is 1. The van der Waals surface area contributed by atoms with Gasteiger partial charge in [0.15, 0.2) is 0 Å². The van der Waals surface area contributed by atoms with E-state index in [1.807, 2.05) is 13.8 Å². The number of sulfone groups is 1. The summed E-state index contributed by atoms with van der Waals surface area (Å²) in [4.78, 5) is 0.256. The van der Waals surface area contributed by atoms with Crippen molar-refractivity contribution in [3.63, 3.8) is 0 Å². The van der Waals surface area contributed by atoms with Crippen molar-refractivity contribution in [3.8, 4) is 0 Å². The van der Waals surface area contributed by atoms with E-state index < -0.39 is 9.84 Å². The van der Waals surface area contributed by atoms with Crippen LogP contribution in [0, 0.1) is 0 Å². The minimum Gasteiger partial charge on any atom is -0.399 e. The number of nitrogens with two attached hydrogens (primary N) is 1. The molecule has 0 radical (unpaired) electrons. The number of rotatable bonds is 4. The number of hydrogen-bond donors (Lipinski definition) is 2. The lowest BCUT2D eigenvalue weighted by atomic mass is 10.3. The van der Waals surface area contributed by atoms with E-state index in [1.54, 1.807) is 24.3 Å². The van der Waals surface area contributed by atoms with Crippen LogP contribution in [0.4, 0.5) is 11.4 Å². The largest absolute Gasteiger partial charge is 0.399 e. The molecule has 0 spiro atoms. The molecule has 4 nitrogen and oxygen atoms in total. The Hall–Kier alpha value is -1.72. The van der Waals surface area contributed by atoms with Gasteiger partial charge in [-0.15, -0.1) is 0 Å². The summed E-state index contributed by atoms with van der Waals surface area (Å²) in [7, 11) is -3.65. The molecular weight excluding hydrogens is 308 g/mol. The monoisotopic (exact) mass is 324 g/mol. The molecule has 112 valence electrons. The van der Waals surface area contributed by atoms with Crippen molar-refractivity contribution in [2.75, 3.05) is 11.1 Å². The van der Waals surface area contributed by atoms with Crippen molar-refractivity contribution < 1.29 is 8.42 Å². The average molecular weight is 325 g/mol. The van der Waals surface area contributed by atoms with Gasteiger partial charge in [0, 0.05) is 17.4 Å². The number of benzene rings is 2. The summed E-state index contributed by atoms with van der Waals surface area (Å²) in [6, 6.07) is 11.1. The molecule has 2 aromatic carbocycles. The Morgan fingerprint density at radius 2 is 1.71 bits per heavy atom. The Balaban J connectivity index is 2.43. The molecule has 0 saturated carbocycles. The maximum atomic E-state index is 12.6. The highest BCUT2D eigenvalue weighted by Crippen LogP contribution is 2.30. The van der Waals surface area contributed by atoms with Crippen LogP contribution in [0.15, 0.2) is 52.3 Å². The van der Waals surface area contributed by atoms with Gasteiger partial charge in [-0.2, -0.15) is 0 Å². The van der Waals surface area contributed by atoms with Crippen molar-refractivity contribution in [2.24, 2.45) is 0 Å². The molecule has 2 rings (SSSR count). The maximum Gasteiger partial charge on any atom is 0.208 e. The SMILES string of the molecule is CC(C)Nc1ccc(S(=O)(=O)c2ccc(N)cc2)c(Cl)c1. The van der Waals surface area contributed by atoms with Crippen molar-refractivity contribution in [2.45, 2.75) is 29.7 Å². The van der Waals surface area contributed by atoms with E-state index in [0.29, 0.717) is 5.69 Å². The van der Waals surface area contributed by atoms with Crippen LogP contribution in [0.25, 0.3) is 0 Å². The molecule has 0 fully saturated rings. The third-order valence-electron chi connectivity index (χ3n) is 2.87. The minimum absolute atomic E-state index is 0.0863. The summed E-state index contributed by atoms with van der Waals surface area (Å²) in [5.74, 6) is 0. The third kappa shape index (κ3) is 3.49. The first-order valence-corrected chi connectivity index (χ1v) is 8.33. The normalized spacial score (nSPS) is 11.6. The molecule has 0 bridgehead atoms. The molecule has 0 aliphatic heterocycles. The van der Waals surface area contributed by atoms with Crippen LogP contribution < -0.4 is 11.1 Å². The standard InChI is InChI=1S/C15H17ClN2O2S/c1-10(2)18-12-5-8-15(14(16)9-12)21(19,20)13-6-3-11(17)4-7-13/h3-10,18H,17H2,1-2H3. The molecule has 3 N–H and O–H groups in total. The molecule has 21 heavy (non-hydrogen) atoms. The molecule has 0 aliphatic carbocycles. The molecule has 0 atom stereocenters. The summed E-state index contributed by atoms with van der Waals surface area (Å²) in [5, 5.41) is 3.37. The van der Waals surface area contributed by atoms with Gasteiger partial charge in [-0.25, -0.2) is 8.42 Å². The van der Waals surface area contributed by atoms with Crippen molar-refractivity contribution in [1.82, 2.24) is 0 Å². The summed E-state index contributed by atoms with van der Waals surface area (Å²) in [6.45, 7) is 3.99. The summed E-state index contributed by atoms with van der Waals surface area (Å²) >= 11 is 6.13. The molecule has 6 heteroatoms. The van der Waals surface area contributed by atoms with Crippen LogP contribution in [-0.2, 0) is 9.84 Å². The maximum absolute atomic E-state index is 12.6. The van der Waals surface area contributed by atoms with Gasteiger partial charge < -0.3 is 11.1 Å². The van der Waals surface area contributed by atoms with Gasteiger partial charge in [0.1, 0.15) is 0 Å². The number of anilines is 2. The van der Waals surface area contributed by atoms with Crippen LogP contribution in [-0.4, -0.2) is 14.5 Å².